The monoisotopic (exact) mass is 466 g/mol. The van der Waals surface area contributed by atoms with Gasteiger partial charge in [0.1, 0.15) is 24.3 Å². The van der Waals surface area contributed by atoms with Crippen molar-refractivity contribution in [3.8, 4) is 5.75 Å². The number of hydrogen-bond donors (Lipinski definition) is 6. The van der Waals surface area contributed by atoms with E-state index < -0.39 is 17.6 Å². The van der Waals surface area contributed by atoms with Crippen LogP contribution in [0, 0.1) is 11.8 Å². The lowest BCUT2D eigenvalue weighted by atomic mass is 9.51. The summed E-state index contributed by atoms with van der Waals surface area (Å²) >= 11 is 0. The molecule has 4 bridgehead atoms. The second kappa shape index (κ2) is 7.71. The summed E-state index contributed by atoms with van der Waals surface area (Å²) in [5, 5.41) is 30.8. The summed E-state index contributed by atoms with van der Waals surface area (Å²) in [5.74, 6) is 1.77. The number of carbonyl (C=O) groups is 1. The largest absolute Gasteiger partial charge is 0.489 e. The van der Waals surface area contributed by atoms with E-state index in [4.69, 9.17) is 10.5 Å². The Kier molecular flexibility index (Phi) is 4.86. The zero-order valence-electron chi connectivity index (χ0n) is 18.9. The Morgan fingerprint density at radius 3 is 2.76 bits per heavy atom. The summed E-state index contributed by atoms with van der Waals surface area (Å²) in [5.41, 5.74) is 6.44. The maximum atomic E-state index is 12.1. The van der Waals surface area contributed by atoms with E-state index in [0.717, 1.165) is 43.5 Å². The number of aromatic nitrogens is 2. The zero-order chi connectivity index (χ0) is 23.5. The number of amides is 1. The number of nitrogens with two attached hydrogens (primary N) is 1. The molecule has 4 fully saturated rings. The van der Waals surface area contributed by atoms with Crippen molar-refractivity contribution < 1.29 is 19.7 Å². The van der Waals surface area contributed by atoms with E-state index in [2.05, 4.69) is 25.9 Å². The zero-order valence-corrected chi connectivity index (χ0v) is 18.9. The van der Waals surface area contributed by atoms with Crippen LogP contribution in [0.1, 0.15) is 48.9 Å². The Balaban J connectivity index is 1.27. The Bertz CT molecular complexity index is 1130. The van der Waals surface area contributed by atoms with Crippen molar-refractivity contribution in [1.82, 2.24) is 9.97 Å². The summed E-state index contributed by atoms with van der Waals surface area (Å²) in [6, 6.07) is 5.52. The second-order valence-corrected chi connectivity index (χ2v) is 10.6. The van der Waals surface area contributed by atoms with Gasteiger partial charge in [-0.2, -0.15) is 4.98 Å². The summed E-state index contributed by atoms with van der Waals surface area (Å²) < 4.78 is 5.62. The first-order chi connectivity index (χ1) is 16.3. The topological polar surface area (TPSA) is 155 Å². The number of β-amino-alcohol motifs (C(OH)–C–C–N with tert-alkyl or cyclic N) is 1. The Morgan fingerprint density at radius 2 is 2.03 bits per heavy atom. The third-order valence-electron chi connectivity index (χ3n) is 7.66. The summed E-state index contributed by atoms with van der Waals surface area (Å²) in [7, 11) is 0. The van der Waals surface area contributed by atoms with Gasteiger partial charge in [-0.25, -0.2) is 4.98 Å². The van der Waals surface area contributed by atoms with Crippen LogP contribution in [0.4, 0.5) is 23.1 Å². The van der Waals surface area contributed by atoms with E-state index in [0.29, 0.717) is 42.3 Å². The van der Waals surface area contributed by atoms with Crippen LogP contribution in [0.3, 0.4) is 0 Å². The van der Waals surface area contributed by atoms with Crippen LogP contribution >= 0.6 is 0 Å². The molecule has 34 heavy (non-hydrogen) atoms. The summed E-state index contributed by atoms with van der Waals surface area (Å²) in [4.78, 5) is 21.1. The van der Waals surface area contributed by atoms with Gasteiger partial charge >= 0.3 is 0 Å². The minimum absolute atomic E-state index is 0.234. The van der Waals surface area contributed by atoms with Crippen LogP contribution in [0.5, 0.6) is 5.75 Å². The quantitative estimate of drug-likeness (QED) is 0.388. The smallest absolute Gasteiger partial charge is 0.254 e. The lowest BCUT2D eigenvalue weighted by molar-refractivity contribution is -0.127. The van der Waals surface area contributed by atoms with Gasteiger partial charge in [-0.15, -0.1) is 0 Å². The second-order valence-electron chi connectivity index (χ2n) is 10.6. The molecule has 3 atom stereocenters. The normalized spacial score (nSPS) is 33.3. The first-order valence-corrected chi connectivity index (χ1v) is 11.9. The maximum Gasteiger partial charge on any atom is 0.254 e. The molecule has 0 spiro atoms. The summed E-state index contributed by atoms with van der Waals surface area (Å²) in [6.07, 6.45) is 6.32. The molecule has 7 rings (SSSR count). The fraction of sp³-hybridized carbons (Fsp3) is 0.542. The highest BCUT2D eigenvalue weighted by Crippen LogP contribution is 2.58. The molecule has 0 radical (unpaired) electrons. The van der Waals surface area contributed by atoms with Crippen molar-refractivity contribution in [2.75, 3.05) is 29.1 Å². The van der Waals surface area contributed by atoms with Crippen molar-refractivity contribution in [2.45, 2.75) is 55.8 Å². The van der Waals surface area contributed by atoms with Crippen LogP contribution in [0.2, 0.25) is 0 Å². The molecule has 5 aliphatic rings. The molecule has 0 saturated heterocycles. The van der Waals surface area contributed by atoms with Gasteiger partial charge < -0.3 is 36.6 Å². The molecule has 1 aromatic heterocycles. The van der Waals surface area contributed by atoms with Gasteiger partial charge in [-0.05, 0) is 68.6 Å². The molecule has 7 N–H and O–H groups in total. The molecule has 4 aliphatic carbocycles. The molecular weight excluding hydrogens is 436 g/mol. The molecule has 10 nitrogen and oxygen atoms in total. The van der Waals surface area contributed by atoms with E-state index in [1.165, 1.54) is 6.20 Å². The highest BCUT2D eigenvalue weighted by molar-refractivity contribution is 5.97. The number of primary amides is 1. The Hall–Kier alpha value is -3.11. The number of ether oxygens (including phenoxy) is 1. The van der Waals surface area contributed by atoms with Crippen molar-refractivity contribution >= 4 is 29.0 Å². The molecule has 10 heteroatoms. The molecule has 1 aliphatic heterocycles. The van der Waals surface area contributed by atoms with Crippen molar-refractivity contribution in [3.63, 3.8) is 0 Å². The van der Waals surface area contributed by atoms with E-state index in [1.54, 1.807) is 0 Å². The van der Waals surface area contributed by atoms with Crippen LogP contribution in [-0.4, -0.2) is 56.5 Å². The van der Waals surface area contributed by atoms with Gasteiger partial charge in [0, 0.05) is 24.0 Å². The van der Waals surface area contributed by atoms with E-state index in [1.807, 2.05) is 18.2 Å². The number of fused-ring (bicyclic) bond motifs is 1. The van der Waals surface area contributed by atoms with Crippen molar-refractivity contribution in [2.24, 2.45) is 17.6 Å². The van der Waals surface area contributed by atoms with E-state index in [-0.39, 0.29) is 17.7 Å². The number of benzene rings is 1. The molecule has 180 valence electrons. The average Bonchev–Trinajstić information content (AvgIpc) is 2.93. The van der Waals surface area contributed by atoms with Gasteiger partial charge in [-0.3, -0.25) is 4.79 Å². The molecular formula is C24H30N6O4. The van der Waals surface area contributed by atoms with Gasteiger partial charge in [0.25, 0.3) is 5.91 Å². The van der Waals surface area contributed by atoms with Crippen molar-refractivity contribution in [3.05, 3.63) is 30.0 Å². The standard InChI is InChI=1S/C24H30N6O4/c25-20(32)17-10-27-22(28-15-1-2-19-18(4-15)26-9-16(31)11-34-19)29-21(17)30-23-5-13-3-14(6-23)8-24(33,7-13)12-23/h1-2,4,10,13-14,16,26,31,33H,3,5-9,11-12H2,(H2,25,32)(H2,27,28,29,30)/t13?,14?,16-,23?,24?/m0/s1. The number of aliphatic hydroxyl groups excluding tert-OH is 1. The van der Waals surface area contributed by atoms with E-state index in [9.17, 15) is 15.0 Å². The molecule has 4 saturated carbocycles. The number of hydrogen-bond acceptors (Lipinski definition) is 9. The minimum Gasteiger partial charge on any atom is -0.489 e. The van der Waals surface area contributed by atoms with Gasteiger partial charge in [-0.1, -0.05) is 0 Å². The fourth-order valence-electron chi connectivity index (χ4n) is 6.80. The third-order valence-corrected chi connectivity index (χ3v) is 7.66. The molecule has 2 unspecified atom stereocenters. The first-order valence-electron chi connectivity index (χ1n) is 11.9. The lowest BCUT2D eigenvalue weighted by Gasteiger charge is -2.60. The van der Waals surface area contributed by atoms with Crippen LogP contribution < -0.4 is 26.4 Å². The van der Waals surface area contributed by atoms with Crippen LogP contribution in [0.25, 0.3) is 0 Å². The predicted octanol–water partition coefficient (Wildman–Crippen LogP) is 1.98. The Morgan fingerprint density at radius 1 is 1.24 bits per heavy atom. The Labute approximate surface area is 197 Å². The van der Waals surface area contributed by atoms with Crippen LogP contribution in [-0.2, 0) is 0 Å². The highest BCUT2D eigenvalue weighted by Gasteiger charge is 2.57. The van der Waals surface area contributed by atoms with Gasteiger partial charge in [0.15, 0.2) is 0 Å². The van der Waals surface area contributed by atoms with Crippen molar-refractivity contribution in [1.29, 1.82) is 0 Å². The SMILES string of the molecule is NC(=O)c1cnc(Nc2ccc3c(c2)NC[C@H](O)CO3)nc1NC12CC3CC(CC(O)(C3)C1)C2. The van der Waals surface area contributed by atoms with E-state index >= 15 is 0 Å². The molecule has 2 heterocycles. The number of rotatable bonds is 5. The first kappa shape index (κ1) is 21.4. The molecule has 1 amide bonds. The predicted molar refractivity (Wildman–Crippen MR) is 126 cm³/mol. The number of anilines is 4. The summed E-state index contributed by atoms with van der Waals surface area (Å²) in [6.45, 7) is 0.628. The number of nitrogens with zero attached hydrogens (tertiary/aromatic N) is 2. The average molecular weight is 467 g/mol. The third kappa shape index (κ3) is 3.90. The minimum atomic E-state index is -0.636. The highest BCUT2D eigenvalue weighted by atomic mass is 16.5. The maximum absolute atomic E-state index is 12.1. The number of nitrogens with one attached hydrogen (secondary N) is 3. The van der Waals surface area contributed by atoms with Crippen LogP contribution in [0.15, 0.2) is 24.4 Å². The fourth-order valence-corrected chi connectivity index (χ4v) is 6.80. The van der Waals surface area contributed by atoms with Gasteiger partial charge in [0.2, 0.25) is 5.95 Å². The molecule has 2 aromatic rings. The number of aliphatic hydroxyl groups is 2. The van der Waals surface area contributed by atoms with Gasteiger partial charge in [0.05, 0.1) is 16.9 Å². The molecule has 1 aromatic carbocycles. The lowest BCUT2D eigenvalue weighted by Crippen LogP contribution is -2.62. The number of carbonyl (C=O) groups excluding carboxylic acids is 1.